The molecule has 0 saturated heterocycles. The molecule has 2 aliphatic rings. The van der Waals surface area contributed by atoms with Gasteiger partial charge in [-0.25, -0.2) is 0 Å². The second kappa shape index (κ2) is 7.39. The third kappa shape index (κ3) is 3.02. The van der Waals surface area contributed by atoms with Crippen molar-refractivity contribution in [1.29, 1.82) is 0 Å². The van der Waals surface area contributed by atoms with Gasteiger partial charge in [0.1, 0.15) is 22.9 Å². The number of nitrogens with zero attached hydrogens (tertiary/aromatic N) is 1. The molecule has 0 unspecified atom stereocenters. The van der Waals surface area contributed by atoms with Gasteiger partial charge in [-0.2, -0.15) is 0 Å². The molecule has 1 N–H and O–H groups in total. The van der Waals surface area contributed by atoms with Crippen molar-refractivity contribution < 1.29 is 29.0 Å². The highest BCUT2D eigenvalue weighted by molar-refractivity contribution is 6.29. The Labute approximate surface area is 183 Å². The maximum Gasteiger partial charge on any atom is 0.308 e. The van der Waals surface area contributed by atoms with E-state index in [2.05, 4.69) is 0 Å². The van der Waals surface area contributed by atoms with Crippen LogP contribution in [0.4, 0.5) is 5.69 Å². The van der Waals surface area contributed by atoms with Crippen LogP contribution < -0.4 is 14.4 Å². The molecule has 0 saturated carbocycles. The molecule has 0 bridgehead atoms. The first-order valence-corrected chi connectivity index (χ1v) is 9.92. The van der Waals surface area contributed by atoms with Gasteiger partial charge in [0.2, 0.25) is 17.3 Å². The van der Waals surface area contributed by atoms with Gasteiger partial charge in [-0.15, -0.1) is 0 Å². The lowest BCUT2D eigenvalue weighted by Crippen LogP contribution is -2.34. The first-order chi connectivity index (χ1) is 15.5. The molecule has 32 heavy (non-hydrogen) atoms. The summed E-state index contributed by atoms with van der Waals surface area (Å²) in [7, 11) is 0. The highest BCUT2D eigenvalue weighted by Gasteiger charge is 2.43. The van der Waals surface area contributed by atoms with Crippen molar-refractivity contribution >= 4 is 23.2 Å². The SMILES string of the molecule is CC(=O)Oc1ccc(O)c2c1C(=O)C1=C(C2=O)N(c2ccccc2)Cc2ccccc2O1. The number of phenolic OH excluding ortho intramolecular Hbond substituents is 1. The summed E-state index contributed by atoms with van der Waals surface area (Å²) in [5.41, 5.74) is 1.06. The van der Waals surface area contributed by atoms with Crippen LogP contribution in [0.1, 0.15) is 33.2 Å². The topological polar surface area (TPSA) is 93.1 Å². The van der Waals surface area contributed by atoms with Gasteiger partial charge in [0.15, 0.2) is 0 Å². The van der Waals surface area contributed by atoms with E-state index in [0.717, 1.165) is 5.56 Å². The number of hydrogen-bond acceptors (Lipinski definition) is 7. The number of benzene rings is 3. The molecule has 0 aromatic heterocycles. The van der Waals surface area contributed by atoms with E-state index in [1.165, 1.54) is 19.1 Å². The van der Waals surface area contributed by atoms with Gasteiger partial charge in [0.25, 0.3) is 0 Å². The minimum absolute atomic E-state index is 0.0141. The van der Waals surface area contributed by atoms with Crippen LogP contribution in [0.2, 0.25) is 0 Å². The molecule has 0 fully saturated rings. The Morgan fingerprint density at radius 1 is 0.938 bits per heavy atom. The average molecular weight is 427 g/mol. The van der Waals surface area contributed by atoms with Crippen molar-refractivity contribution in [2.45, 2.75) is 13.5 Å². The molecule has 1 aliphatic heterocycles. The molecule has 1 aliphatic carbocycles. The molecule has 0 radical (unpaired) electrons. The monoisotopic (exact) mass is 427 g/mol. The van der Waals surface area contributed by atoms with Crippen molar-refractivity contribution in [3.63, 3.8) is 0 Å². The lowest BCUT2D eigenvalue weighted by atomic mass is 9.88. The second-order valence-electron chi connectivity index (χ2n) is 7.39. The zero-order valence-corrected chi connectivity index (χ0v) is 17.0. The summed E-state index contributed by atoms with van der Waals surface area (Å²) in [6.45, 7) is 1.46. The Hall–Kier alpha value is -4.39. The smallest absolute Gasteiger partial charge is 0.308 e. The van der Waals surface area contributed by atoms with Crippen LogP contribution in [0.25, 0.3) is 0 Å². The van der Waals surface area contributed by atoms with E-state index in [4.69, 9.17) is 9.47 Å². The van der Waals surface area contributed by atoms with Gasteiger partial charge in [-0.3, -0.25) is 14.4 Å². The number of para-hydroxylation sites is 2. The average Bonchev–Trinajstić information content (AvgIpc) is 2.96. The Balaban J connectivity index is 1.77. The number of esters is 1. The van der Waals surface area contributed by atoms with Crippen molar-refractivity contribution in [2.75, 3.05) is 4.90 Å². The summed E-state index contributed by atoms with van der Waals surface area (Å²) in [5.74, 6) is -2.14. The van der Waals surface area contributed by atoms with E-state index < -0.39 is 17.5 Å². The number of phenols is 1. The molecule has 0 spiro atoms. The quantitative estimate of drug-likeness (QED) is 0.488. The van der Waals surface area contributed by atoms with Crippen LogP contribution in [0.15, 0.2) is 78.2 Å². The summed E-state index contributed by atoms with van der Waals surface area (Å²) < 4.78 is 11.2. The van der Waals surface area contributed by atoms with Gasteiger partial charge < -0.3 is 19.5 Å². The van der Waals surface area contributed by atoms with E-state index in [1.54, 1.807) is 17.0 Å². The van der Waals surface area contributed by atoms with Gasteiger partial charge in [0.05, 0.1) is 17.7 Å². The number of rotatable bonds is 2. The minimum Gasteiger partial charge on any atom is -0.507 e. The van der Waals surface area contributed by atoms with E-state index in [9.17, 15) is 19.5 Å². The summed E-state index contributed by atoms with van der Waals surface area (Å²) in [6, 6.07) is 18.8. The fourth-order valence-corrected chi connectivity index (χ4v) is 3.97. The largest absolute Gasteiger partial charge is 0.507 e. The summed E-state index contributed by atoms with van der Waals surface area (Å²) in [6.07, 6.45) is 0. The van der Waals surface area contributed by atoms with Crippen LogP contribution in [0, 0.1) is 0 Å². The van der Waals surface area contributed by atoms with Crippen molar-refractivity contribution in [1.82, 2.24) is 0 Å². The van der Waals surface area contributed by atoms with E-state index >= 15 is 0 Å². The number of carbonyl (C=O) groups excluding carboxylic acids is 3. The fourth-order valence-electron chi connectivity index (χ4n) is 3.97. The van der Waals surface area contributed by atoms with Crippen LogP contribution in [-0.2, 0) is 11.3 Å². The third-order valence-corrected chi connectivity index (χ3v) is 5.34. The maximum atomic E-state index is 13.7. The third-order valence-electron chi connectivity index (χ3n) is 5.34. The highest BCUT2D eigenvalue weighted by atomic mass is 16.5. The number of hydrogen-bond donors (Lipinski definition) is 1. The lowest BCUT2D eigenvalue weighted by Gasteiger charge is -2.29. The predicted molar refractivity (Wildman–Crippen MR) is 115 cm³/mol. The summed E-state index contributed by atoms with van der Waals surface area (Å²) in [4.78, 5) is 40.6. The Morgan fingerprint density at radius 2 is 1.66 bits per heavy atom. The lowest BCUT2D eigenvalue weighted by molar-refractivity contribution is -0.131. The highest BCUT2D eigenvalue weighted by Crippen LogP contribution is 2.42. The predicted octanol–water partition coefficient (Wildman–Crippen LogP) is 4.01. The molecular weight excluding hydrogens is 410 g/mol. The fraction of sp³-hybridized carbons (Fsp3) is 0.0800. The number of aromatic hydroxyl groups is 1. The second-order valence-corrected chi connectivity index (χ2v) is 7.39. The first-order valence-electron chi connectivity index (χ1n) is 9.92. The molecule has 7 heteroatoms. The first kappa shape index (κ1) is 19.6. The standard InChI is InChI=1S/C25H17NO6/c1-14(27)31-19-12-11-17(28)20-21(19)24(30)25-22(23(20)29)26(16-8-3-2-4-9-16)13-15-7-5-6-10-18(15)32-25/h2-12,28H,13H2,1H3. The molecule has 5 rings (SSSR count). The number of carbonyl (C=O) groups is 3. The Bertz CT molecular complexity index is 1330. The zero-order valence-electron chi connectivity index (χ0n) is 17.0. The molecule has 158 valence electrons. The van der Waals surface area contributed by atoms with Crippen LogP contribution in [-0.4, -0.2) is 22.6 Å². The maximum absolute atomic E-state index is 13.7. The molecule has 0 atom stereocenters. The molecule has 1 heterocycles. The summed E-state index contributed by atoms with van der Waals surface area (Å²) in [5, 5.41) is 10.5. The number of Topliss-reactive ketones (excluding diaryl/α,β-unsaturated/α-hetero) is 2. The van der Waals surface area contributed by atoms with Gasteiger partial charge in [-0.1, -0.05) is 36.4 Å². The van der Waals surface area contributed by atoms with Gasteiger partial charge in [0, 0.05) is 18.2 Å². The van der Waals surface area contributed by atoms with Crippen LogP contribution in [0.3, 0.4) is 0 Å². The van der Waals surface area contributed by atoms with Crippen LogP contribution in [0.5, 0.6) is 17.2 Å². The number of anilines is 1. The van der Waals surface area contributed by atoms with Crippen LogP contribution >= 0.6 is 0 Å². The normalized spacial score (nSPS) is 14.7. The number of ketones is 2. The summed E-state index contributed by atoms with van der Waals surface area (Å²) >= 11 is 0. The Morgan fingerprint density at radius 3 is 2.41 bits per heavy atom. The van der Waals surface area contributed by atoms with Crippen molar-refractivity contribution in [3.8, 4) is 17.2 Å². The van der Waals surface area contributed by atoms with E-state index in [-0.39, 0.29) is 40.6 Å². The number of allylic oxidation sites excluding steroid dienone is 2. The Kier molecular flexibility index (Phi) is 4.52. The van der Waals surface area contributed by atoms with Crippen molar-refractivity contribution in [2.24, 2.45) is 0 Å². The van der Waals surface area contributed by atoms with E-state index in [1.807, 2.05) is 42.5 Å². The number of ether oxygens (including phenoxy) is 2. The number of fused-ring (bicyclic) bond motifs is 2. The van der Waals surface area contributed by atoms with Crippen molar-refractivity contribution in [3.05, 3.63) is 94.9 Å². The molecule has 3 aromatic carbocycles. The molecule has 3 aromatic rings. The van der Waals surface area contributed by atoms with Gasteiger partial charge in [-0.05, 0) is 30.3 Å². The van der Waals surface area contributed by atoms with E-state index in [0.29, 0.717) is 11.4 Å². The molecule has 0 amide bonds. The van der Waals surface area contributed by atoms with Gasteiger partial charge >= 0.3 is 5.97 Å². The molecular formula is C25H17NO6. The minimum atomic E-state index is -0.657. The zero-order chi connectivity index (χ0) is 22.4. The molecule has 7 nitrogen and oxygen atoms in total.